The molecule has 0 rings (SSSR count). The molecule has 0 aromatic carbocycles. The third kappa shape index (κ3) is 65.0. The van der Waals surface area contributed by atoms with E-state index in [-0.39, 0.29) is 25.2 Å². The molecule has 484 valence electrons. The lowest BCUT2D eigenvalue weighted by molar-refractivity contribution is -0.208. The maximum absolute atomic E-state index is 6.65. The van der Waals surface area contributed by atoms with Gasteiger partial charge in [0.05, 0.1) is 13.2 Å². The van der Waals surface area contributed by atoms with Crippen LogP contribution in [0.4, 0.5) is 0 Å². The first-order chi connectivity index (χ1) is 40.1. The quantitative estimate of drug-likeness (QED) is 0.0342. The molecular formula is C74H146O7. The third-order valence-electron chi connectivity index (χ3n) is 16.2. The van der Waals surface area contributed by atoms with E-state index in [1.54, 1.807) is 0 Å². The molecule has 0 radical (unpaired) electrons. The lowest BCUT2D eigenvalue weighted by Crippen LogP contribution is -2.25. The molecule has 0 aromatic rings. The van der Waals surface area contributed by atoms with E-state index in [0.29, 0.717) is 0 Å². The molecule has 2 atom stereocenters. The van der Waals surface area contributed by atoms with Gasteiger partial charge in [0.15, 0.2) is 25.2 Å². The minimum Gasteiger partial charge on any atom is -0.353 e. The molecule has 0 spiro atoms. The Hall–Kier alpha value is -0.800. The van der Waals surface area contributed by atoms with E-state index in [1.807, 2.05) is 0 Å². The SMILES string of the molecule is CCCCCCCCOC(C=CCCCCCCCCCCCC(OCCCCCCC)OCCCCCCC)OC(C=CCCCCCCCCCCCC(OCCCCCCC)OCCCCCCC)OCCCCCCCC. The maximum atomic E-state index is 6.65. The zero-order chi connectivity index (χ0) is 58.5. The van der Waals surface area contributed by atoms with E-state index in [4.69, 9.17) is 33.2 Å². The van der Waals surface area contributed by atoms with E-state index >= 15 is 0 Å². The van der Waals surface area contributed by atoms with Crippen LogP contribution in [-0.4, -0.2) is 64.8 Å². The maximum Gasteiger partial charge on any atom is 0.180 e. The van der Waals surface area contributed by atoms with Crippen molar-refractivity contribution in [3.8, 4) is 0 Å². The van der Waals surface area contributed by atoms with Crippen molar-refractivity contribution < 1.29 is 33.2 Å². The van der Waals surface area contributed by atoms with Gasteiger partial charge in [0.2, 0.25) is 0 Å². The van der Waals surface area contributed by atoms with Crippen LogP contribution in [0.3, 0.4) is 0 Å². The van der Waals surface area contributed by atoms with Crippen molar-refractivity contribution >= 4 is 0 Å². The van der Waals surface area contributed by atoms with E-state index in [0.717, 1.165) is 78.2 Å². The minimum atomic E-state index is -0.377. The van der Waals surface area contributed by atoms with E-state index in [1.165, 1.54) is 308 Å². The highest BCUT2D eigenvalue weighted by atomic mass is 16.8. The lowest BCUT2D eigenvalue weighted by Gasteiger charge is -2.22. The lowest BCUT2D eigenvalue weighted by atomic mass is 10.1. The first-order valence-corrected chi connectivity index (χ1v) is 36.8. The van der Waals surface area contributed by atoms with Crippen molar-refractivity contribution in [1.82, 2.24) is 0 Å². The summed E-state index contributed by atoms with van der Waals surface area (Å²) in [4.78, 5) is 0. The molecule has 0 saturated carbocycles. The summed E-state index contributed by atoms with van der Waals surface area (Å²) in [6.45, 7) is 18.6. The van der Waals surface area contributed by atoms with Crippen molar-refractivity contribution in [3.63, 3.8) is 0 Å². The van der Waals surface area contributed by atoms with Crippen LogP contribution in [0.15, 0.2) is 24.3 Å². The molecule has 81 heavy (non-hydrogen) atoms. The van der Waals surface area contributed by atoms with E-state index in [2.05, 4.69) is 65.8 Å². The fourth-order valence-corrected chi connectivity index (χ4v) is 10.7. The van der Waals surface area contributed by atoms with Crippen LogP contribution in [0.25, 0.3) is 0 Å². The van der Waals surface area contributed by atoms with Crippen LogP contribution < -0.4 is 0 Å². The molecule has 0 aliphatic heterocycles. The number of hydrogen-bond donors (Lipinski definition) is 0. The number of hydrogen-bond acceptors (Lipinski definition) is 7. The molecule has 0 saturated heterocycles. The summed E-state index contributed by atoms with van der Waals surface area (Å²) in [5.74, 6) is 0. The van der Waals surface area contributed by atoms with Crippen molar-refractivity contribution in [2.45, 2.75) is 413 Å². The molecule has 0 bridgehead atoms. The monoisotopic (exact) mass is 1150 g/mol. The fourth-order valence-electron chi connectivity index (χ4n) is 10.7. The summed E-state index contributed by atoms with van der Waals surface area (Å²) in [5, 5.41) is 0. The highest BCUT2D eigenvalue weighted by Crippen LogP contribution is 2.19. The van der Waals surface area contributed by atoms with E-state index in [9.17, 15) is 0 Å². The topological polar surface area (TPSA) is 64.6 Å². The standard InChI is InChI=1S/C74H146O7/c1-7-13-19-25-49-59-69-79-73(63-53-43-39-35-31-27-29-33-37-41-51-61-71(75-65-55-45-21-15-9-3)76-66-56-46-22-16-10-4)81-74(80-70-60-50-26-20-14-8-2)64-54-44-40-36-32-28-30-34-38-42-52-62-72(77-67-57-47-23-17-11-5)78-68-58-48-24-18-12-6/h53-54,63-64,71-74H,7-52,55-62,65-70H2,1-6H3. The second-order valence-electron chi connectivity index (χ2n) is 24.5. The minimum absolute atomic E-state index is 0.00537. The highest BCUT2D eigenvalue weighted by Gasteiger charge is 2.15. The molecule has 7 heteroatoms. The summed E-state index contributed by atoms with van der Waals surface area (Å²) in [5.41, 5.74) is 0. The predicted molar refractivity (Wildman–Crippen MR) is 354 cm³/mol. The smallest absolute Gasteiger partial charge is 0.180 e. The Bertz CT molecular complexity index is 1060. The Balaban J connectivity index is 4.88. The van der Waals surface area contributed by atoms with Gasteiger partial charge in [0.1, 0.15) is 0 Å². The van der Waals surface area contributed by atoms with Gasteiger partial charge in [-0.2, -0.15) is 0 Å². The normalized spacial score (nSPS) is 12.9. The average molecular weight is 1150 g/mol. The largest absolute Gasteiger partial charge is 0.353 e. The molecule has 0 N–H and O–H groups in total. The molecule has 2 unspecified atom stereocenters. The van der Waals surface area contributed by atoms with Crippen molar-refractivity contribution in [2.24, 2.45) is 0 Å². The molecule has 0 fully saturated rings. The molecule has 0 amide bonds. The van der Waals surface area contributed by atoms with Gasteiger partial charge in [-0.05, 0) is 102 Å². The number of allylic oxidation sites excluding steroid dienone is 2. The van der Waals surface area contributed by atoms with Gasteiger partial charge < -0.3 is 33.2 Å². The number of rotatable bonds is 72. The van der Waals surface area contributed by atoms with Crippen molar-refractivity contribution in [1.29, 1.82) is 0 Å². The Kier molecular flexibility index (Phi) is 71.0. The Labute approximate surface area is 508 Å². The Morgan fingerprint density at radius 3 is 0.654 bits per heavy atom. The van der Waals surface area contributed by atoms with Gasteiger partial charge >= 0.3 is 0 Å². The Morgan fingerprint density at radius 2 is 0.407 bits per heavy atom. The van der Waals surface area contributed by atoms with Gasteiger partial charge in [0, 0.05) is 26.4 Å². The van der Waals surface area contributed by atoms with Gasteiger partial charge in [-0.15, -0.1) is 0 Å². The second-order valence-corrected chi connectivity index (χ2v) is 24.5. The van der Waals surface area contributed by atoms with E-state index < -0.39 is 0 Å². The van der Waals surface area contributed by atoms with Gasteiger partial charge in [0.25, 0.3) is 0 Å². The molecule has 0 aromatic heterocycles. The Morgan fingerprint density at radius 1 is 0.210 bits per heavy atom. The second kappa shape index (κ2) is 71.7. The van der Waals surface area contributed by atoms with Crippen molar-refractivity contribution in [2.75, 3.05) is 39.6 Å². The van der Waals surface area contributed by atoms with Gasteiger partial charge in [-0.1, -0.05) is 311 Å². The van der Waals surface area contributed by atoms with Gasteiger partial charge in [-0.3, -0.25) is 0 Å². The van der Waals surface area contributed by atoms with Crippen LogP contribution in [-0.2, 0) is 33.2 Å². The summed E-state index contributed by atoms with van der Waals surface area (Å²) in [6, 6.07) is 0. The van der Waals surface area contributed by atoms with Crippen LogP contribution in [0.2, 0.25) is 0 Å². The zero-order valence-electron chi connectivity index (χ0n) is 55.9. The first-order valence-electron chi connectivity index (χ1n) is 36.8. The zero-order valence-corrected chi connectivity index (χ0v) is 55.9. The highest BCUT2D eigenvalue weighted by molar-refractivity contribution is 4.90. The first kappa shape index (κ1) is 80.2. The number of ether oxygens (including phenoxy) is 7. The molecule has 0 aliphatic carbocycles. The summed E-state index contributed by atoms with van der Waals surface area (Å²) >= 11 is 0. The third-order valence-corrected chi connectivity index (χ3v) is 16.2. The summed E-state index contributed by atoms with van der Waals surface area (Å²) in [6.07, 6.45) is 76.6. The summed E-state index contributed by atoms with van der Waals surface area (Å²) < 4.78 is 44.6. The average Bonchev–Trinajstić information content (AvgIpc) is 3.47. The van der Waals surface area contributed by atoms with Crippen LogP contribution in [0.5, 0.6) is 0 Å². The predicted octanol–water partition coefficient (Wildman–Crippen LogP) is 24.7. The van der Waals surface area contributed by atoms with Crippen LogP contribution >= 0.6 is 0 Å². The number of unbranched alkanes of at least 4 members (excludes halogenated alkanes) is 44. The fraction of sp³-hybridized carbons (Fsp3) is 0.946. The van der Waals surface area contributed by atoms with Gasteiger partial charge in [-0.25, -0.2) is 0 Å². The molecule has 7 nitrogen and oxygen atoms in total. The van der Waals surface area contributed by atoms with Crippen LogP contribution in [0.1, 0.15) is 388 Å². The van der Waals surface area contributed by atoms with Crippen molar-refractivity contribution in [3.05, 3.63) is 24.3 Å². The van der Waals surface area contributed by atoms with Crippen LogP contribution in [0, 0.1) is 0 Å². The summed E-state index contributed by atoms with van der Waals surface area (Å²) in [7, 11) is 0. The molecular weight excluding hydrogens is 1000 g/mol. The molecule has 0 heterocycles. The molecule has 0 aliphatic rings.